The number of ether oxygens (including phenoxy) is 1. The summed E-state index contributed by atoms with van der Waals surface area (Å²) in [5, 5.41) is 1.57. The van der Waals surface area contributed by atoms with Crippen molar-refractivity contribution < 1.29 is 19.2 Å². The number of imide groups is 1. The molecule has 0 N–H and O–H groups in total. The van der Waals surface area contributed by atoms with Crippen LogP contribution in [0.5, 0.6) is 0 Å². The Balaban J connectivity index is 1.58. The Hall–Kier alpha value is -0.0400. The molecule has 0 aromatic heterocycles. The number of amides is 2. The molecule has 8 unspecified atom stereocenters. The summed E-state index contributed by atoms with van der Waals surface area (Å²) < 4.78 is 6.07. The van der Waals surface area contributed by atoms with Crippen molar-refractivity contribution in [3.8, 4) is 0 Å². The van der Waals surface area contributed by atoms with Gasteiger partial charge in [0, 0.05) is 11.8 Å². The molecule has 5 nitrogen and oxygen atoms in total. The number of alkyl halides is 2. The van der Waals surface area contributed by atoms with Crippen LogP contribution in [0, 0.1) is 23.7 Å². The fourth-order valence-corrected chi connectivity index (χ4v) is 7.60. The summed E-state index contributed by atoms with van der Waals surface area (Å²) >= 11 is 26.5. The minimum atomic E-state index is -0.939. The zero-order chi connectivity index (χ0) is 18.0. The van der Waals surface area contributed by atoms with Gasteiger partial charge in [0.25, 0.3) is 11.8 Å². The molecule has 136 valence electrons. The summed E-state index contributed by atoms with van der Waals surface area (Å²) in [4.78, 5) is 29.2. The van der Waals surface area contributed by atoms with Gasteiger partial charge in [0.2, 0.25) is 0 Å². The van der Waals surface area contributed by atoms with E-state index in [0.29, 0.717) is 16.5 Å². The van der Waals surface area contributed by atoms with Crippen molar-refractivity contribution >= 4 is 58.2 Å². The van der Waals surface area contributed by atoms with Gasteiger partial charge < -0.3 is 4.74 Å². The maximum atomic E-state index is 12.8. The van der Waals surface area contributed by atoms with E-state index in [0.717, 1.165) is 5.06 Å². The van der Waals surface area contributed by atoms with Gasteiger partial charge in [-0.25, -0.2) is 0 Å². The van der Waals surface area contributed by atoms with Gasteiger partial charge in [0.05, 0.1) is 50.0 Å². The third kappa shape index (κ3) is 1.72. The quantitative estimate of drug-likeness (QED) is 0.503. The van der Waals surface area contributed by atoms with Crippen LogP contribution in [0.4, 0.5) is 0 Å². The molecule has 0 radical (unpaired) electrons. The van der Waals surface area contributed by atoms with Crippen molar-refractivity contribution in [2.24, 2.45) is 23.7 Å². The summed E-state index contributed by atoms with van der Waals surface area (Å²) in [5.41, 5.74) is 0. The van der Waals surface area contributed by atoms with E-state index in [9.17, 15) is 9.59 Å². The van der Waals surface area contributed by atoms with Gasteiger partial charge >= 0.3 is 0 Å². The molecule has 5 aliphatic rings. The smallest absolute Gasteiger partial charge is 0.260 e. The number of fused-ring (bicyclic) bond motifs is 12. The first-order chi connectivity index (χ1) is 11.6. The number of nitrogens with zero attached hydrogens (tertiary/aromatic N) is 1. The van der Waals surface area contributed by atoms with Gasteiger partial charge in [-0.15, -0.1) is 23.2 Å². The van der Waals surface area contributed by atoms with Crippen LogP contribution in [0.1, 0.15) is 20.3 Å². The fourth-order valence-electron chi connectivity index (χ4n) is 5.58. The van der Waals surface area contributed by atoms with Crippen LogP contribution < -0.4 is 0 Å². The van der Waals surface area contributed by atoms with Crippen molar-refractivity contribution in [2.45, 2.75) is 48.3 Å². The number of halogens is 4. The minimum Gasteiger partial charge on any atom is -0.373 e. The summed E-state index contributed by atoms with van der Waals surface area (Å²) in [7, 11) is 0. The Morgan fingerprint density at radius 3 is 1.88 bits per heavy atom. The fraction of sp³-hybridized carbons (Fsp3) is 0.750. The van der Waals surface area contributed by atoms with Gasteiger partial charge in [-0.05, 0) is 20.3 Å². The average Bonchev–Trinajstić information content (AvgIpc) is 3.25. The molecule has 3 saturated heterocycles. The SMILES string of the molecule is CC(C)ON1C(=O)C2C3OC(C2C1=O)C1C3C2(Cl)CC1(Cl)C(Cl)=C2Cl. The van der Waals surface area contributed by atoms with Gasteiger partial charge in [-0.3, -0.25) is 14.4 Å². The topological polar surface area (TPSA) is 55.8 Å². The standard InChI is InChI=1S/C16H15Cl4NO4/c1-4(2)25-21-13(22)5-6(14(21)23)10-8-7(9(5)24-10)15(19)3-16(8,20)12(18)11(15)17/h4-10H,3H2,1-2H3. The van der Waals surface area contributed by atoms with Crippen LogP contribution in [0.2, 0.25) is 0 Å². The van der Waals surface area contributed by atoms with E-state index >= 15 is 0 Å². The van der Waals surface area contributed by atoms with Gasteiger partial charge in [0.1, 0.15) is 0 Å². The van der Waals surface area contributed by atoms with E-state index in [1.807, 2.05) is 0 Å². The second kappa shape index (κ2) is 4.86. The van der Waals surface area contributed by atoms with Crippen LogP contribution >= 0.6 is 46.4 Å². The number of rotatable bonds is 2. The van der Waals surface area contributed by atoms with E-state index in [-0.39, 0.29) is 29.8 Å². The van der Waals surface area contributed by atoms with E-state index in [2.05, 4.69) is 0 Å². The Morgan fingerprint density at radius 2 is 1.48 bits per heavy atom. The van der Waals surface area contributed by atoms with Crippen molar-refractivity contribution in [3.05, 3.63) is 10.1 Å². The predicted octanol–water partition coefficient (Wildman–Crippen LogP) is 3.00. The Morgan fingerprint density at radius 1 is 1.04 bits per heavy atom. The van der Waals surface area contributed by atoms with Crippen LogP contribution in [0.15, 0.2) is 10.1 Å². The number of hydrogen-bond acceptors (Lipinski definition) is 4. The van der Waals surface area contributed by atoms with E-state index in [1.165, 1.54) is 0 Å². The first-order valence-corrected chi connectivity index (χ1v) is 9.78. The molecule has 9 heteroatoms. The van der Waals surface area contributed by atoms with Crippen molar-refractivity contribution in [1.82, 2.24) is 5.06 Å². The highest BCUT2D eigenvalue weighted by Crippen LogP contribution is 2.75. The second-order valence-electron chi connectivity index (χ2n) is 7.82. The van der Waals surface area contributed by atoms with Crippen molar-refractivity contribution in [2.75, 3.05) is 0 Å². The molecule has 2 aliphatic carbocycles. The van der Waals surface area contributed by atoms with Gasteiger partial charge in [0.15, 0.2) is 0 Å². The molecule has 0 spiro atoms. The van der Waals surface area contributed by atoms with E-state index in [4.69, 9.17) is 56.0 Å². The normalized spacial score (nSPS) is 52.8. The van der Waals surface area contributed by atoms with Crippen molar-refractivity contribution in [3.63, 3.8) is 0 Å². The van der Waals surface area contributed by atoms with Crippen molar-refractivity contribution in [1.29, 1.82) is 0 Å². The second-order valence-corrected chi connectivity index (χ2v) is 9.93. The lowest BCUT2D eigenvalue weighted by Crippen LogP contribution is -2.50. The minimum absolute atomic E-state index is 0.247. The summed E-state index contributed by atoms with van der Waals surface area (Å²) in [6.45, 7) is 3.53. The number of hydroxylamine groups is 2. The molecule has 4 fully saturated rings. The molecule has 1 saturated carbocycles. The summed E-state index contributed by atoms with van der Waals surface area (Å²) in [5.74, 6) is -2.43. The molecule has 8 atom stereocenters. The highest BCUT2D eigenvalue weighted by atomic mass is 35.5. The maximum Gasteiger partial charge on any atom is 0.260 e. The first-order valence-electron chi connectivity index (χ1n) is 8.27. The lowest BCUT2D eigenvalue weighted by atomic mass is 9.65. The third-order valence-electron chi connectivity index (χ3n) is 6.28. The summed E-state index contributed by atoms with van der Waals surface area (Å²) in [6.07, 6.45) is -0.909. The molecule has 0 aromatic rings. The zero-order valence-corrected chi connectivity index (χ0v) is 16.4. The third-order valence-corrected chi connectivity index (χ3v) is 8.78. The molecule has 4 bridgehead atoms. The highest BCUT2D eigenvalue weighted by Gasteiger charge is 2.82. The van der Waals surface area contributed by atoms with E-state index < -0.39 is 33.8 Å². The monoisotopic (exact) mass is 425 g/mol. The Kier molecular flexibility index (Phi) is 3.32. The number of carbonyl (C=O) groups excluding carboxylic acids is 2. The molecular formula is C16H15Cl4NO4. The molecule has 0 aromatic carbocycles. The molecule has 3 aliphatic heterocycles. The Bertz CT molecular complexity index is 702. The number of allylic oxidation sites excluding steroid dienone is 2. The molecule has 5 rings (SSSR count). The van der Waals surface area contributed by atoms with Crippen LogP contribution in [0.25, 0.3) is 0 Å². The molecule has 2 amide bonds. The lowest BCUT2D eigenvalue weighted by molar-refractivity contribution is -0.202. The highest BCUT2D eigenvalue weighted by molar-refractivity contribution is 6.51. The predicted molar refractivity (Wildman–Crippen MR) is 91.2 cm³/mol. The average molecular weight is 427 g/mol. The van der Waals surface area contributed by atoms with Crippen LogP contribution in [-0.4, -0.2) is 44.9 Å². The molecule has 3 heterocycles. The number of hydrogen-bond donors (Lipinski definition) is 0. The van der Waals surface area contributed by atoms with Crippen LogP contribution in [0.3, 0.4) is 0 Å². The van der Waals surface area contributed by atoms with Crippen LogP contribution in [-0.2, 0) is 19.2 Å². The zero-order valence-electron chi connectivity index (χ0n) is 13.3. The lowest BCUT2D eigenvalue weighted by Gasteiger charge is -2.40. The Labute approximate surface area is 164 Å². The van der Waals surface area contributed by atoms with Gasteiger partial charge in [-0.2, -0.15) is 5.06 Å². The summed E-state index contributed by atoms with van der Waals surface area (Å²) in [6, 6.07) is 0. The van der Waals surface area contributed by atoms with E-state index in [1.54, 1.807) is 13.8 Å². The maximum absolute atomic E-state index is 12.8. The molecule has 25 heavy (non-hydrogen) atoms. The van der Waals surface area contributed by atoms with Gasteiger partial charge in [-0.1, -0.05) is 23.2 Å². The molecular weight excluding hydrogens is 412 g/mol. The largest absolute Gasteiger partial charge is 0.373 e. The first kappa shape index (κ1) is 17.1. The number of carbonyl (C=O) groups is 2.